The Morgan fingerprint density at radius 3 is 2.25 bits per heavy atom. The molecule has 2 aliphatic rings. The Labute approximate surface area is 144 Å². The monoisotopic (exact) mass is 350 g/mol. The van der Waals surface area contributed by atoms with E-state index in [1.807, 2.05) is 0 Å². The number of rotatable bonds is 5. The van der Waals surface area contributed by atoms with Crippen molar-refractivity contribution in [1.82, 2.24) is 4.90 Å². The van der Waals surface area contributed by atoms with Crippen LogP contribution in [0.15, 0.2) is 29.2 Å². The summed E-state index contributed by atoms with van der Waals surface area (Å²) in [7, 11) is -1.44. The van der Waals surface area contributed by atoms with E-state index in [9.17, 15) is 13.2 Å². The molecule has 0 saturated heterocycles. The van der Waals surface area contributed by atoms with Gasteiger partial charge in [0.15, 0.2) is 9.84 Å². The van der Waals surface area contributed by atoms with Gasteiger partial charge in [-0.2, -0.15) is 0 Å². The van der Waals surface area contributed by atoms with E-state index in [1.165, 1.54) is 12.8 Å². The first-order valence-corrected chi connectivity index (χ1v) is 10.3. The molecule has 24 heavy (non-hydrogen) atoms. The molecule has 3 rings (SSSR count). The molecule has 0 spiro atoms. The third-order valence-electron chi connectivity index (χ3n) is 5.41. The van der Waals surface area contributed by atoms with Crippen molar-refractivity contribution in [3.05, 3.63) is 24.3 Å². The predicted octanol–water partition coefficient (Wildman–Crippen LogP) is 3.67. The highest BCUT2D eigenvalue weighted by Crippen LogP contribution is 2.35. The summed E-state index contributed by atoms with van der Waals surface area (Å²) in [5.74, 6) is 0.611. The van der Waals surface area contributed by atoms with Crippen LogP contribution < -0.4 is 5.32 Å². The lowest BCUT2D eigenvalue weighted by atomic mass is 10.2. The van der Waals surface area contributed by atoms with Crippen molar-refractivity contribution in [1.29, 1.82) is 0 Å². The molecule has 1 aromatic carbocycles. The van der Waals surface area contributed by atoms with Crippen molar-refractivity contribution in [2.24, 2.45) is 5.92 Å². The van der Waals surface area contributed by atoms with Gasteiger partial charge in [-0.3, -0.25) is 0 Å². The van der Waals surface area contributed by atoms with Gasteiger partial charge < -0.3 is 10.2 Å². The maximum atomic E-state index is 12.6. The van der Waals surface area contributed by atoms with Crippen molar-refractivity contribution in [2.75, 3.05) is 12.4 Å². The number of carbonyl (C=O) groups is 1. The molecule has 0 unspecified atom stereocenters. The average molecular weight is 350 g/mol. The summed E-state index contributed by atoms with van der Waals surface area (Å²) in [6.07, 6.45) is 5.86. The predicted molar refractivity (Wildman–Crippen MR) is 94.9 cm³/mol. The molecule has 1 N–H and O–H groups in total. The summed E-state index contributed by atoms with van der Waals surface area (Å²) in [4.78, 5) is 14.4. The topological polar surface area (TPSA) is 66.5 Å². The molecule has 132 valence electrons. The first-order chi connectivity index (χ1) is 11.4. The van der Waals surface area contributed by atoms with Crippen LogP contribution >= 0.6 is 0 Å². The molecule has 0 heterocycles. The fourth-order valence-electron chi connectivity index (χ4n) is 3.41. The molecule has 2 amide bonds. The fourth-order valence-corrected chi connectivity index (χ4v) is 5.26. The summed E-state index contributed by atoms with van der Waals surface area (Å²) in [6.45, 7) is 2.06. The van der Waals surface area contributed by atoms with Crippen LogP contribution in [0.25, 0.3) is 0 Å². The molecule has 6 heteroatoms. The quantitative estimate of drug-likeness (QED) is 0.881. The number of sulfone groups is 1. The highest BCUT2D eigenvalue weighted by atomic mass is 32.2. The number of anilines is 1. The van der Waals surface area contributed by atoms with E-state index < -0.39 is 9.84 Å². The molecule has 2 aliphatic carbocycles. The number of amides is 2. The van der Waals surface area contributed by atoms with Gasteiger partial charge in [-0.1, -0.05) is 12.8 Å². The third kappa shape index (κ3) is 3.58. The molecule has 5 nitrogen and oxygen atoms in total. The maximum absolute atomic E-state index is 12.6. The van der Waals surface area contributed by atoms with E-state index in [0.717, 1.165) is 25.7 Å². The molecular formula is C18H26N2O3S. The first kappa shape index (κ1) is 17.3. The van der Waals surface area contributed by atoms with Gasteiger partial charge in [-0.15, -0.1) is 0 Å². The van der Waals surface area contributed by atoms with Gasteiger partial charge in [0.05, 0.1) is 10.1 Å². The standard InChI is InChI=1S/C18H26N2O3S/c1-13(14-7-8-14)20(2)18(21)19-15-9-11-17(12-10-15)24(22,23)16-5-3-4-6-16/h9-14,16H,3-8H2,1-2H3,(H,19,21)/t13-/m0/s1. The number of urea groups is 1. The van der Waals surface area contributed by atoms with Gasteiger partial charge in [0.25, 0.3) is 0 Å². The Kier molecular flexibility index (Phi) is 4.85. The Hall–Kier alpha value is -1.56. The summed E-state index contributed by atoms with van der Waals surface area (Å²) < 4.78 is 25.1. The Bertz CT molecular complexity index is 689. The largest absolute Gasteiger partial charge is 0.325 e. The lowest BCUT2D eigenvalue weighted by Gasteiger charge is -2.25. The molecule has 1 aromatic rings. The van der Waals surface area contributed by atoms with Crippen LogP contribution in [0.5, 0.6) is 0 Å². The minimum absolute atomic E-state index is 0.152. The van der Waals surface area contributed by atoms with Crippen LogP contribution in [0.3, 0.4) is 0 Å². The number of hydrogen-bond acceptors (Lipinski definition) is 3. The van der Waals surface area contributed by atoms with E-state index in [4.69, 9.17) is 0 Å². The molecule has 2 saturated carbocycles. The van der Waals surface area contributed by atoms with Crippen LogP contribution in [-0.2, 0) is 9.84 Å². The summed E-state index contributed by atoms with van der Waals surface area (Å²) in [5.41, 5.74) is 0.625. The van der Waals surface area contributed by atoms with Crippen LogP contribution in [0, 0.1) is 5.92 Å². The molecule has 0 aliphatic heterocycles. The molecular weight excluding hydrogens is 324 g/mol. The molecule has 0 bridgehead atoms. The highest BCUT2D eigenvalue weighted by molar-refractivity contribution is 7.92. The zero-order valence-electron chi connectivity index (χ0n) is 14.4. The molecule has 0 aromatic heterocycles. The highest BCUT2D eigenvalue weighted by Gasteiger charge is 2.33. The second-order valence-corrected chi connectivity index (χ2v) is 9.32. The Morgan fingerprint density at radius 2 is 1.71 bits per heavy atom. The van der Waals surface area contributed by atoms with Gasteiger partial charge in [0, 0.05) is 18.8 Å². The van der Waals surface area contributed by atoms with Crippen molar-refractivity contribution in [2.45, 2.75) is 61.6 Å². The lowest BCUT2D eigenvalue weighted by Crippen LogP contribution is -2.39. The first-order valence-electron chi connectivity index (χ1n) is 8.77. The second-order valence-electron chi connectivity index (χ2n) is 7.09. The number of hydrogen-bond donors (Lipinski definition) is 1. The van der Waals surface area contributed by atoms with Crippen LogP contribution in [0.4, 0.5) is 10.5 Å². The Balaban J connectivity index is 1.65. The number of nitrogens with one attached hydrogen (secondary N) is 1. The number of nitrogens with zero attached hydrogens (tertiary/aromatic N) is 1. The normalized spacial score (nSPS) is 19.9. The zero-order chi connectivity index (χ0) is 17.3. The number of carbonyl (C=O) groups excluding carboxylic acids is 1. The second kappa shape index (κ2) is 6.75. The minimum atomic E-state index is -3.24. The third-order valence-corrected chi connectivity index (χ3v) is 7.69. The van der Waals surface area contributed by atoms with Gasteiger partial charge in [0.2, 0.25) is 0 Å². The van der Waals surface area contributed by atoms with Crippen LogP contribution in [-0.4, -0.2) is 37.7 Å². The van der Waals surface area contributed by atoms with Gasteiger partial charge in [-0.05, 0) is 62.8 Å². The van der Waals surface area contributed by atoms with Gasteiger partial charge >= 0.3 is 6.03 Å². The van der Waals surface area contributed by atoms with E-state index in [2.05, 4.69) is 12.2 Å². The van der Waals surface area contributed by atoms with Crippen LogP contribution in [0.2, 0.25) is 0 Å². The average Bonchev–Trinajstić information content (AvgIpc) is 3.27. The summed E-state index contributed by atoms with van der Waals surface area (Å²) in [6, 6.07) is 6.64. The van der Waals surface area contributed by atoms with Crippen molar-refractivity contribution >= 4 is 21.6 Å². The van der Waals surface area contributed by atoms with Crippen molar-refractivity contribution < 1.29 is 13.2 Å². The zero-order valence-corrected chi connectivity index (χ0v) is 15.2. The molecule has 2 fully saturated rings. The number of benzene rings is 1. The lowest BCUT2D eigenvalue weighted by molar-refractivity contribution is 0.201. The maximum Gasteiger partial charge on any atom is 0.321 e. The van der Waals surface area contributed by atoms with Crippen molar-refractivity contribution in [3.8, 4) is 0 Å². The summed E-state index contributed by atoms with van der Waals surface area (Å²) in [5, 5.41) is 2.60. The van der Waals surface area contributed by atoms with Crippen molar-refractivity contribution in [3.63, 3.8) is 0 Å². The van der Waals surface area contributed by atoms with E-state index in [0.29, 0.717) is 16.5 Å². The van der Waals surface area contributed by atoms with Crippen LogP contribution in [0.1, 0.15) is 45.4 Å². The fraction of sp³-hybridized carbons (Fsp3) is 0.611. The Morgan fingerprint density at radius 1 is 1.12 bits per heavy atom. The van der Waals surface area contributed by atoms with E-state index in [-0.39, 0.29) is 17.3 Å². The molecule has 0 radical (unpaired) electrons. The van der Waals surface area contributed by atoms with Gasteiger partial charge in [-0.25, -0.2) is 13.2 Å². The van der Waals surface area contributed by atoms with Gasteiger partial charge in [0.1, 0.15) is 0 Å². The molecule has 1 atom stereocenters. The SMILES string of the molecule is C[C@@H](C1CC1)N(C)C(=O)Nc1ccc(S(=O)(=O)C2CCCC2)cc1. The smallest absolute Gasteiger partial charge is 0.321 e. The van der Waals surface area contributed by atoms with E-state index in [1.54, 1.807) is 36.2 Å². The minimum Gasteiger partial charge on any atom is -0.325 e. The summed E-state index contributed by atoms with van der Waals surface area (Å²) >= 11 is 0. The van der Waals surface area contributed by atoms with E-state index >= 15 is 0 Å².